The summed E-state index contributed by atoms with van der Waals surface area (Å²) in [5, 5.41) is 26.0. The second kappa shape index (κ2) is 13.0. The summed E-state index contributed by atoms with van der Waals surface area (Å²) in [5.41, 5.74) is 0.583. The first-order valence-corrected chi connectivity index (χ1v) is 12.6. The van der Waals surface area contributed by atoms with Crippen LogP contribution in [0.4, 0.5) is 4.79 Å². The van der Waals surface area contributed by atoms with Gasteiger partial charge in [0.15, 0.2) is 12.2 Å². The van der Waals surface area contributed by atoms with Gasteiger partial charge >= 0.3 is 11.7 Å². The van der Waals surface area contributed by atoms with E-state index in [1.807, 2.05) is 12.4 Å². The number of benzene rings is 1. The van der Waals surface area contributed by atoms with Crippen molar-refractivity contribution in [3.05, 3.63) is 33.7 Å². The van der Waals surface area contributed by atoms with Gasteiger partial charge in [-0.1, -0.05) is 18.0 Å². The Balaban J connectivity index is 1.96. The Morgan fingerprint density at radius 3 is 2.67 bits per heavy atom. The van der Waals surface area contributed by atoms with Gasteiger partial charge in [0.1, 0.15) is 42.0 Å². The third-order valence-electron chi connectivity index (χ3n) is 6.59. The Hall–Kier alpha value is -3.83. The highest BCUT2D eigenvalue weighted by Crippen LogP contribution is 2.39. The van der Waals surface area contributed by atoms with Gasteiger partial charge in [-0.15, -0.1) is 6.42 Å². The third kappa shape index (κ3) is 6.15. The number of ether oxygens (including phenoxy) is 4. The van der Waals surface area contributed by atoms with Crippen LogP contribution in [0.1, 0.15) is 45.2 Å². The molecule has 0 bridgehead atoms. The molecule has 3 N–H and O–H groups in total. The fraction of sp³-hybridized carbons (Fsp3) is 0.519. The smallest absolute Gasteiger partial charge is 0.431 e. The Kier molecular flexibility index (Phi) is 9.99. The van der Waals surface area contributed by atoms with Crippen molar-refractivity contribution in [2.24, 2.45) is 5.16 Å². The second-order valence-electron chi connectivity index (χ2n) is 9.15. The van der Waals surface area contributed by atoms with Crippen molar-refractivity contribution in [1.29, 1.82) is 0 Å². The number of nitrogens with one attached hydrogen (secondary N) is 1. The number of terminal acetylenes is 1. The number of aromatic hydroxyl groups is 1. The fourth-order valence-electron chi connectivity index (χ4n) is 4.41. The van der Waals surface area contributed by atoms with E-state index in [1.165, 1.54) is 26.2 Å². The molecule has 13 heteroatoms. The molecule has 5 atom stereocenters. The summed E-state index contributed by atoms with van der Waals surface area (Å²) in [7, 11) is 1.40. The van der Waals surface area contributed by atoms with Crippen LogP contribution in [-0.4, -0.2) is 72.5 Å². The number of aliphatic hydroxyl groups is 1. The molecule has 40 heavy (non-hydrogen) atoms. The van der Waals surface area contributed by atoms with Gasteiger partial charge in [-0.3, -0.25) is 4.84 Å². The number of aryl methyl sites for hydroxylation is 1. The van der Waals surface area contributed by atoms with Gasteiger partial charge in [-0.2, -0.15) is 5.48 Å². The van der Waals surface area contributed by atoms with Crippen molar-refractivity contribution < 1.29 is 48.0 Å². The standard InChI is InChI=1S/C27H34N2O11/c1-8-13-36-29-26(33)39-22-20(31)25(40-27(6,9-2)23(22)34-7)37-17-12-11-16-19(30)18(15(5)28-35-10-3)24(32)38-21(16)14(17)4/h1,11-12,20,22-23,25,30-31H,9-10,13H2,2-7H3,(H,29,33)/b28-15+/t20?,22?,23?,25?,27-/m0/s1. The lowest BCUT2D eigenvalue weighted by molar-refractivity contribution is -0.311. The maximum absolute atomic E-state index is 12.7. The Morgan fingerprint density at radius 2 is 2.05 bits per heavy atom. The van der Waals surface area contributed by atoms with Crippen LogP contribution in [0.2, 0.25) is 0 Å². The zero-order valence-electron chi connectivity index (χ0n) is 23.2. The van der Waals surface area contributed by atoms with E-state index in [2.05, 4.69) is 11.1 Å². The minimum atomic E-state index is -1.52. The normalized spacial score (nSPS) is 24.8. The third-order valence-corrected chi connectivity index (χ3v) is 6.59. The van der Waals surface area contributed by atoms with Gasteiger partial charge in [0.2, 0.25) is 6.29 Å². The number of methoxy groups -OCH3 is 1. The van der Waals surface area contributed by atoms with Gasteiger partial charge in [0, 0.05) is 12.7 Å². The minimum Gasteiger partial charge on any atom is -0.506 e. The highest BCUT2D eigenvalue weighted by atomic mass is 16.7. The molecule has 2 aromatic rings. The lowest BCUT2D eigenvalue weighted by atomic mass is 9.86. The molecule has 0 spiro atoms. The molecule has 1 aliphatic heterocycles. The summed E-state index contributed by atoms with van der Waals surface area (Å²) in [4.78, 5) is 34.8. The topological polar surface area (TPSA) is 168 Å². The van der Waals surface area contributed by atoms with Crippen molar-refractivity contribution >= 4 is 22.8 Å². The molecule has 218 valence electrons. The molecule has 1 aromatic carbocycles. The number of fused-ring (bicyclic) bond motifs is 1. The number of hydrogen-bond acceptors (Lipinski definition) is 12. The Labute approximate surface area is 230 Å². The average Bonchev–Trinajstić information content (AvgIpc) is 2.92. The summed E-state index contributed by atoms with van der Waals surface area (Å²) < 4.78 is 28.6. The predicted octanol–water partition coefficient (Wildman–Crippen LogP) is 2.51. The highest BCUT2D eigenvalue weighted by molar-refractivity contribution is 6.04. The first kappa shape index (κ1) is 30.7. The zero-order valence-corrected chi connectivity index (χ0v) is 23.2. The van der Waals surface area contributed by atoms with Crippen LogP contribution in [0, 0.1) is 19.3 Å². The van der Waals surface area contributed by atoms with Crippen LogP contribution in [-0.2, 0) is 23.9 Å². The Morgan fingerprint density at radius 1 is 1.32 bits per heavy atom. The Bertz CT molecular complexity index is 1350. The van der Waals surface area contributed by atoms with Gasteiger partial charge < -0.3 is 38.4 Å². The largest absolute Gasteiger partial charge is 0.506 e. The van der Waals surface area contributed by atoms with Crippen molar-refractivity contribution in [2.75, 3.05) is 20.3 Å². The van der Waals surface area contributed by atoms with E-state index in [9.17, 15) is 19.8 Å². The van der Waals surface area contributed by atoms with Crippen LogP contribution in [0.25, 0.3) is 11.0 Å². The number of rotatable bonds is 10. The molecular formula is C27H34N2O11. The summed E-state index contributed by atoms with van der Waals surface area (Å²) in [6.45, 7) is 8.50. The summed E-state index contributed by atoms with van der Waals surface area (Å²) in [6.07, 6.45) is -0.461. The summed E-state index contributed by atoms with van der Waals surface area (Å²) in [5.74, 6) is 2.04. The van der Waals surface area contributed by atoms with E-state index in [0.717, 1.165) is 0 Å². The number of carbonyl (C=O) groups is 1. The maximum atomic E-state index is 12.7. The predicted molar refractivity (Wildman–Crippen MR) is 142 cm³/mol. The number of aliphatic hydroxyl groups excluding tert-OH is 1. The molecule has 4 unspecified atom stereocenters. The maximum Gasteiger partial charge on any atom is 0.431 e. The molecule has 0 aliphatic carbocycles. The number of hydroxylamine groups is 1. The highest BCUT2D eigenvalue weighted by Gasteiger charge is 2.54. The van der Waals surface area contributed by atoms with E-state index in [1.54, 1.807) is 20.8 Å². The monoisotopic (exact) mass is 562 g/mol. The number of amides is 1. The molecule has 1 aliphatic rings. The van der Waals surface area contributed by atoms with E-state index >= 15 is 0 Å². The van der Waals surface area contributed by atoms with Crippen molar-refractivity contribution in [3.63, 3.8) is 0 Å². The van der Waals surface area contributed by atoms with Crippen LogP contribution < -0.4 is 15.8 Å². The first-order valence-electron chi connectivity index (χ1n) is 12.6. The molecule has 2 heterocycles. The zero-order chi connectivity index (χ0) is 29.6. The second-order valence-corrected chi connectivity index (χ2v) is 9.15. The molecular weight excluding hydrogens is 528 g/mol. The van der Waals surface area contributed by atoms with E-state index < -0.39 is 41.9 Å². The molecule has 1 aromatic heterocycles. The summed E-state index contributed by atoms with van der Waals surface area (Å²) >= 11 is 0. The first-order chi connectivity index (χ1) is 19.0. The molecule has 0 saturated carbocycles. The number of oxime groups is 1. The summed E-state index contributed by atoms with van der Waals surface area (Å²) in [6, 6.07) is 3.01. The van der Waals surface area contributed by atoms with Crippen LogP contribution in [0.3, 0.4) is 0 Å². The lowest BCUT2D eigenvalue weighted by Crippen LogP contribution is -2.66. The molecule has 0 radical (unpaired) electrons. The van der Waals surface area contributed by atoms with Crippen molar-refractivity contribution in [2.45, 2.75) is 71.2 Å². The van der Waals surface area contributed by atoms with Crippen molar-refractivity contribution in [1.82, 2.24) is 5.48 Å². The lowest BCUT2D eigenvalue weighted by Gasteiger charge is -2.48. The van der Waals surface area contributed by atoms with Crippen LogP contribution >= 0.6 is 0 Å². The fourth-order valence-corrected chi connectivity index (χ4v) is 4.41. The SMILES string of the molecule is C#CCONC(=O)OC1C(O)C(Oc2ccc3c(O)c(/C(C)=N/OCC)c(=O)oc3c2C)O[C@@](C)(CC)C1OC. The average molecular weight is 563 g/mol. The van der Waals surface area contributed by atoms with Gasteiger partial charge in [0.05, 0.1) is 16.7 Å². The molecule has 13 nitrogen and oxygen atoms in total. The minimum absolute atomic E-state index is 0.0594. The number of hydrogen-bond donors (Lipinski definition) is 3. The molecule has 1 amide bonds. The van der Waals surface area contributed by atoms with Gasteiger partial charge in [0.25, 0.3) is 0 Å². The van der Waals surface area contributed by atoms with E-state index in [0.29, 0.717) is 12.0 Å². The van der Waals surface area contributed by atoms with Gasteiger partial charge in [-0.25, -0.2) is 9.59 Å². The van der Waals surface area contributed by atoms with Gasteiger partial charge in [-0.05, 0) is 46.2 Å². The number of nitrogens with zero attached hydrogens (tertiary/aromatic N) is 1. The van der Waals surface area contributed by atoms with Crippen molar-refractivity contribution in [3.8, 4) is 23.8 Å². The van der Waals surface area contributed by atoms with Crippen LogP contribution in [0.15, 0.2) is 26.5 Å². The quantitative estimate of drug-likeness (QED) is 0.128. The van der Waals surface area contributed by atoms with E-state index in [4.69, 9.17) is 39.5 Å². The molecule has 1 fully saturated rings. The van der Waals surface area contributed by atoms with E-state index in [-0.39, 0.29) is 47.0 Å². The molecule has 3 rings (SSSR count). The number of carbonyl (C=O) groups excluding carboxylic acids is 1. The van der Waals surface area contributed by atoms with Crippen LogP contribution in [0.5, 0.6) is 11.5 Å². The molecule has 1 saturated heterocycles.